The van der Waals surface area contributed by atoms with Crippen molar-refractivity contribution in [2.24, 2.45) is 0 Å². The molecule has 5 aromatic rings. The lowest BCUT2D eigenvalue weighted by molar-refractivity contribution is 0.183. The van der Waals surface area contributed by atoms with Crippen molar-refractivity contribution in [1.29, 1.82) is 0 Å². The Balaban J connectivity index is 1.32. The van der Waals surface area contributed by atoms with E-state index in [2.05, 4.69) is 39.8 Å². The second kappa shape index (κ2) is 11.9. The van der Waals surface area contributed by atoms with Crippen molar-refractivity contribution >= 4 is 22.5 Å². The Morgan fingerprint density at radius 2 is 1.49 bits per heavy atom. The van der Waals surface area contributed by atoms with E-state index in [1.54, 1.807) is 24.3 Å². The van der Waals surface area contributed by atoms with E-state index in [9.17, 15) is 10.2 Å². The smallest absolute Gasteiger partial charge is 0.119 e. The summed E-state index contributed by atoms with van der Waals surface area (Å²) in [7, 11) is 0. The molecular weight excluding hydrogens is 532 g/mol. The summed E-state index contributed by atoms with van der Waals surface area (Å²) < 4.78 is 8.32. The Hall–Kier alpha value is -3.93. The maximum Gasteiger partial charge on any atom is 0.119 e. The predicted octanol–water partition coefficient (Wildman–Crippen LogP) is 8.26. The summed E-state index contributed by atoms with van der Waals surface area (Å²) in [4.78, 5) is 2.48. The molecule has 0 radical (unpaired) electrons. The zero-order valence-electron chi connectivity index (χ0n) is 23.3. The van der Waals surface area contributed by atoms with Crippen molar-refractivity contribution in [3.8, 4) is 39.6 Å². The van der Waals surface area contributed by atoms with Crippen LogP contribution in [0.25, 0.3) is 33.3 Å². The standard InChI is InChI=1S/C35H35ClN2O3/c1-24-21-29(40)12-15-31(24)35-34(36)32-22-27(26-7-10-28(39)11-8-26)9-16-33(32)38(35)23-25-5-13-30(14-6-25)41-20-19-37-17-3-2-4-18-37/h5-16,21-22,39-40H,2-4,17-20,23H2,1H3. The first-order valence-electron chi connectivity index (χ1n) is 14.3. The number of hydrogen-bond donors (Lipinski definition) is 2. The van der Waals surface area contributed by atoms with Gasteiger partial charge in [-0.25, -0.2) is 0 Å². The summed E-state index contributed by atoms with van der Waals surface area (Å²) in [6.07, 6.45) is 3.92. The molecule has 41 heavy (non-hydrogen) atoms. The van der Waals surface area contributed by atoms with E-state index in [1.165, 1.54) is 32.4 Å². The lowest BCUT2D eigenvalue weighted by atomic mass is 10.0. The lowest BCUT2D eigenvalue weighted by Gasteiger charge is -2.26. The van der Waals surface area contributed by atoms with Crippen LogP contribution < -0.4 is 4.74 Å². The van der Waals surface area contributed by atoms with Gasteiger partial charge in [-0.05, 0) is 110 Å². The van der Waals surface area contributed by atoms with Crippen LogP contribution in [0.3, 0.4) is 0 Å². The molecule has 6 heteroatoms. The molecule has 0 aliphatic carbocycles. The minimum Gasteiger partial charge on any atom is -0.508 e. The number of phenols is 2. The Morgan fingerprint density at radius 1 is 0.780 bits per heavy atom. The van der Waals surface area contributed by atoms with Crippen molar-refractivity contribution < 1.29 is 14.9 Å². The number of benzene rings is 4. The number of aromatic nitrogens is 1. The number of aromatic hydroxyl groups is 2. The predicted molar refractivity (Wildman–Crippen MR) is 167 cm³/mol. The largest absolute Gasteiger partial charge is 0.508 e. The van der Waals surface area contributed by atoms with Crippen LogP contribution in [0, 0.1) is 6.92 Å². The number of fused-ring (bicyclic) bond motifs is 1. The lowest BCUT2D eigenvalue weighted by Crippen LogP contribution is -2.33. The molecule has 2 heterocycles. The van der Waals surface area contributed by atoms with Gasteiger partial charge in [0.15, 0.2) is 0 Å². The Morgan fingerprint density at radius 3 is 2.22 bits per heavy atom. The number of rotatable bonds is 8. The molecule has 1 saturated heterocycles. The number of phenolic OH excluding ortho intramolecular Hbond substituents is 2. The first-order valence-corrected chi connectivity index (χ1v) is 14.7. The zero-order chi connectivity index (χ0) is 28.3. The SMILES string of the molecule is Cc1cc(O)ccc1-c1c(Cl)c2cc(-c3ccc(O)cc3)ccc2n1Cc1ccc(OCCN2CCCCC2)cc1. The van der Waals surface area contributed by atoms with E-state index in [1.807, 2.05) is 37.3 Å². The van der Waals surface area contributed by atoms with Gasteiger partial charge in [0.2, 0.25) is 0 Å². The third-order valence-electron chi connectivity index (χ3n) is 8.06. The summed E-state index contributed by atoms with van der Waals surface area (Å²) in [5, 5.41) is 21.4. The number of aryl methyl sites for hydroxylation is 1. The normalized spacial score (nSPS) is 14.0. The molecule has 0 unspecified atom stereocenters. The van der Waals surface area contributed by atoms with Gasteiger partial charge in [0, 0.05) is 24.0 Å². The van der Waals surface area contributed by atoms with Crippen molar-refractivity contribution in [2.45, 2.75) is 32.7 Å². The molecule has 6 rings (SSSR count). The van der Waals surface area contributed by atoms with Crippen LogP contribution in [-0.2, 0) is 6.54 Å². The molecule has 0 spiro atoms. The molecule has 0 amide bonds. The van der Waals surface area contributed by atoms with E-state index >= 15 is 0 Å². The monoisotopic (exact) mass is 566 g/mol. The summed E-state index contributed by atoms with van der Waals surface area (Å²) in [6.45, 7) is 6.64. The average Bonchev–Trinajstić information content (AvgIpc) is 3.25. The fourth-order valence-corrected chi connectivity index (χ4v) is 6.19. The summed E-state index contributed by atoms with van der Waals surface area (Å²) in [6, 6.07) is 27.3. The van der Waals surface area contributed by atoms with Crippen LogP contribution in [0.2, 0.25) is 5.02 Å². The van der Waals surface area contributed by atoms with Gasteiger partial charge in [0.1, 0.15) is 23.9 Å². The number of nitrogens with zero attached hydrogens (tertiary/aromatic N) is 2. The topological polar surface area (TPSA) is 57.9 Å². The fourth-order valence-electron chi connectivity index (χ4n) is 5.84. The molecule has 0 atom stereocenters. The van der Waals surface area contributed by atoms with Crippen molar-refractivity contribution in [3.63, 3.8) is 0 Å². The van der Waals surface area contributed by atoms with E-state index in [4.69, 9.17) is 16.3 Å². The van der Waals surface area contributed by atoms with Crippen molar-refractivity contribution in [2.75, 3.05) is 26.2 Å². The van der Waals surface area contributed by atoms with Gasteiger partial charge >= 0.3 is 0 Å². The Bertz CT molecular complexity index is 1650. The van der Waals surface area contributed by atoms with Crippen LogP contribution in [0.1, 0.15) is 30.4 Å². The van der Waals surface area contributed by atoms with Gasteiger partial charge in [-0.15, -0.1) is 0 Å². The number of halogens is 1. The van der Waals surface area contributed by atoms with E-state index in [0.29, 0.717) is 18.2 Å². The highest BCUT2D eigenvalue weighted by Gasteiger charge is 2.20. The van der Waals surface area contributed by atoms with Gasteiger partial charge < -0.3 is 19.5 Å². The Kier molecular flexibility index (Phi) is 7.91. The van der Waals surface area contributed by atoms with Crippen LogP contribution in [-0.4, -0.2) is 45.9 Å². The van der Waals surface area contributed by atoms with Crippen molar-refractivity contribution in [1.82, 2.24) is 9.47 Å². The van der Waals surface area contributed by atoms with Crippen LogP contribution >= 0.6 is 11.6 Å². The van der Waals surface area contributed by atoms with Gasteiger partial charge in [-0.2, -0.15) is 0 Å². The van der Waals surface area contributed by atoms with Crippen LogP contribution in [0.4, 0.5) is 0 Å². The van der Waals surface area contributed by atoms with Crippen molar-refractivity contribution in [3.05, 3.63) is 101 Å². The van der Waals surface area contributed by atoms with Crippen LogP contribution in [0.15, 0.2) is 84.9 Å². The van der Waals surface area contributed by atoms with Gasteiger partial charge in [0.05, 0.1) is 16.2 Å². The third-order valence-corrected chi connectivity index (χ3v) is 8.44. The highest BCUT2D eigenvalue weighted by molar-refractivity contribution is 6.38. The number of hydrogen-bond acceptors (Lipinski definition) is 4. The van der Waals surface area contributed by atoms with Gasteiger partial charge in [-0.3, -0.25) is 4.90 Å². The molecule has 0 bridgehead atoms. The summed E-state index contributed by atoms with van der Waals surface area (Å²) >= 11 is 7.16. The summed E-state index contributed by atoms with van der Waals surface area (Å²) in [5.74, 6) is 1.35. The molecule has 1 fully saturated rings. The van der Waals surface area contributed by atoms with Gasteiger partial charge in [0.25, 0.3) is 0 Å². The average molecular weight is 567 g/mol. The first kappa shape index (κ1) is 27.3. The highest BCUT2D eigenvalue weighted by Crippen LogP contribution is 2.41. The minimum absolute atomic E-state index is 0.232. The first-order chi connectivity index (χ1) is 20.0. The number of ether oxygens (including phenoxy) is 1. The minimum atomic E-state index is 0.232. The molecule has 2 N–H and O–H groups in total. The fraction of sp³-hybridized carbons (Fsp3) is 0.257. The quantitative estimate of drug-likeness (QED) is 0.198. The maximum atomic E-state index is 10.1. The number of likely N-dealkylation sites (tertiary alicyclic amines) is 1. The molecule has 4 aromatic carbocycles. The molecule has 210 valence electrons. The van der Waals surface area contributed by atoms with Gasteiger partial charge in [-0.1, -0.05) is 48.4 Å². The highest BCUT2D eigenvalue weighted by atomic mass is 35.5. The van der Waals surface area contributed by atoms with E-state index in [0.717, 1.165) is 56.7 Å². The molecule has 0 saturated carbocycles. The number of piperidine rings is 1. The second-order valence-electron chi connectivity index (χ2n) is 10.9. The summed E-state index contributed by atoms with van der Waals surface area (Å²) in [5.41, 5.74) is 7.05. The zero-order valence-corrected chi connectivity index (χ0v) is 24.1. The second-order valence-corrected chi connectivity index (χ2v) is 11.3. The molecule has 1 aliphatic heterocycles. The van der Waals surface area contributed by atoms with E-state index in [-0.39, 0.29) is 11.5 Å². The maximum absolute atomic E-state index is 10.1. The molecule has 1 aromatic heterocycles. The molecular formula is C35H35ClN2O3. The molecule has 5 nitrogen and oxygen atoms in total. The van der Waals surface area contributed by atoms with E-state index < -0.39 is 0 Å². The molecule has 1 aliphatic rings. The third kappa shape index (κ3) is 5.92. The Labute approximate surface area is 246 Å². The van der Waals surface area contributed by atoms with Crippen LogP contribution in [0.5, 0.6) is 17.2 Å².